The highest BCUT2D eigenvalue weighted by Crippen LogP contribution is 2.18. The molecule has 0 amide bonds. The number of hydrogen-bond donors (Lipinski definition) is 2. The monoisotopic (exact) mass is 278 g/mol. The Hall–Kier alpha value is -0.990. The molecule has 0 radical (unpaired) electrons. The summed E-state index contributed by atoms with van der Waals surface area (Å²) in [5.74, 6) is -1.53. The first-order valence-corrected chi connectivity index (χ1v) is 7.21. The normalized spacial score (nSPS) is 13.9. The Morgan fingerprint density at radius 1 is 1.53 bits per heavy atom. The van der Waals surface area contributed by atoms with Crippen molar-refractivity contribution in [2.75, 3.05) is 0 Å². The molecular weight excluding hydrogens is 264 g/mol. The van der Waals surface area contributed by atoms with E-state index in [4.69, 9.17) is 5.11 Å². The van der Waals surface area contributed by atoms with E-state index in [-0.39, 0.29) is 10.1 Å². The zero-order valence-corrected chi connectivity index (χ0v) is 11.3. The van der Waals surface area contributed by atoms with Gasteiger partial charge in [0.1, 0.15) is 6.04 Å². The van der Waals surface area contributed by atoms with E-state index >= 15 is 0 Å². The standard InChI is InChI=1S/C9H14N2O4S2/c1-5(2)8(9(12)13)11-17(14,15)7-4-10-6(3)16-7/h4-5,8,11H,1-3H3,(H,12,13)/t8-/m0/s1. The average Bonchev–Trinajstić information content (AvgIpc) is 2.61. The van der Waals surface area contributed by atoms with Crippen LogP contribution in [0, 0.1) is 12.8 Å². The lowest BCUT2D eigenvalue weighted by molar-refractivity contribution is -0.140. The molecule has 0 saturated carbocycles. The van der Waals surface area contributed by atoms with E-state index in [1.165, 1.54) is 6.20 Å². The first kappa shape index (κ1) is 14.1. The van der Waals surface area contributed by atoms with Crippen LogP contribution in [-0.2, 0) is 14.8 Å². The minimum atomic E-state index is -3.80. The van der Waals surface area contributed by atoms with Gasteiger partial charge in [0.05, 0.1) is 11.2 Å². The molecule has 1 aromatic heterocycles. The fraction of sp³-hybridized carbons (Fsp3) is 0.556. The van der Waals surface area contributed by atoms with Gasteiger partial charge >= 0.3 is 5.97 Å². The number of aromatic nitrogens is 1. The first-order valence-electron chi connectivity index (χ1n) is 4.91. The van der Waals surface area contributed by atoms with Gasteiger partial charge in [0.15, 0.2) is 4.21 Å². The second-order valence-electron chi connectivity index (χ2n) is 3.88. The van der Waals surface area contributed by atoms with E-state index in [0.717, 1.165) is 11.3 Å². The van der Waals surface area contributed by atoms with Crippen molar-refractivity contribution >= 4 is 27.3 Å². The fourth-order valence-electron chi connectivity index (χ4n) is 1.16. The number of carboxylic acid groups (broad SMARTS) is 1. The summed E-state index contributed by atoms with van der Waals surface area (Å²) >= 11 is 1.01. The van der Waals surface area contributed by atoms with Crippen LogP contribution in [0.2, 0.25) is 0 Å². The Labute approximate surface area is 104 Å². The van der Waals surface area contributed by atoms with Crippen LogP contribution in [-0.4, -0.2) is 30.5 Å². The number of sulfonamides is 1. The lowest BCUT2D eigenvalue weighted by Crippen LogP contribution is -2.43. The molecule has 96 valence electrons. The molecular formula is C9H14N2O4S2. The highest BCUT2D eigenvalue weighted by molar-refractivity contribution is 7.91. The highest BCUT2D eigenvalue weighted by atomic mass is 32.2. The molecule has 6 nitrogen and oxygen atoms in total. The van der Waals surface area contributed by atoms with Crippen molar-refractivity contribution in [1.29, 1.82) is 0 Å². The smallest absolute Gasteiger partial charge is 0.322 e. The van der Waals surface area contributed by atoms with Crippen LogP contribution in [0.15, 0.2) is 10.4 Å². The van der Waals surface area contributed by atoms with Crippen molar-refractivity contribution in [1.82, 2.24) is 9.71 Å². The Balaban J connectivity index is 2.97. The summed E-state index contributed by atoms with van der Waals surface area (Å²) in [6.45, 7) is 4.96. The number of nitrogens with zero attached hydrogens (tertiary/aromatic N) is 1. The minimum absolute atomic E-state index is 0.0295. The molecule has 1 heterocycles. The second-order valence-corrected chi connectivity index (χ2v) is 7.06. The molecule has 1 rings (SSSR count). The van der Waals surface area contributed by atoms with Gasteiger partial charge in [-0.1, -0.05) is 13.8 Å². The van der Waals surface area contributed by atoms with Crippen LogP contribution in [0.5, 0.6) is 0 Å². The first-order chi connectivity index (χ1) is 7.74. The molecule has 2 N–H and O–H groups in total. The van der Waals surface area contributed by atoms with Gasteiger partial charge in [-0.2, -0.15) is 4.72 Å². The maximum atomic E-state index is 11.9. The zero-order valence-electron chi connectivity index (χ0n) is 9.67. The molecule has 1 atom stereocenters. The summed E-state index contributed by atoms with van der Waals surface area (Å²) in [5, 5.41) is 9.53. The Morgan fingerprint density at radius 3 is 2.47 bits per heavy atom. The van der Waals surface area contributed by atoms with Crippen molar-refractivity contribution in [3.8, 4) is 0 Å². The molecule has 0 spiro atoms. The molecule has 0 fully saturated rings. The Bertz CT molecular complexity index is 507. The number of thiazole rings is 1. The quantitative estimate of drug-likeness (QED) is 0.832. The fourth-order valence-corrected chi connectivity index (χ4v) is 3.62. The topological polar surface area (TPSA) is 96.4 Å². The van der Waals surface area contributed by atoms with E-state index in [2.05, 4.69) is 9.71 Å². The summed E-state index contributed by atoms with van der Waals surface area (Å²) in [5.41, 5.74) is 0. The van der Waals surface area contributed by atoms with E-state index in [0.29, 0.717) is 5.01 Å². The molecule has 0 bridgehead atoms. The molecule has 0 saturated heterocycles. The van der Waals surface area contributed by atoms with Crippen LogP contribution >= 0.6 is 11.3 Å². The summed E-state index contributed by atoms with van der Waals surface area (Å²) < 4.78 is 25.9. The van der Waals surface area contributed by atoms with E-state index in [9.17, 15) is 13.2 Å². The maximum absolute atomic E-state index is 11.9. The number of aliphatic carboxylic acids is 1. The molecule has 0 aromatic carbocycles. The van der Waals surface area contributed by atoms with Crippen LogP contribution in [0.25, 0.3) is 0 Å². The highest BCUT2D eigenvalue weighted by Gasteiger charge is 2.28. The predicted molar refractivity (Wildman–Crippen MR) is 63.4 cm³/mol. The minimum Gasteiger partial charge on any atom is -0.480 e. The second kappa shape index (κ2) is 5.11. The maximum Gasteiger partial charge on any atom is 0.322 e. The average molecular weight is 278 g/mol. The lowest BCUT2D eigenvalue weighted by Gasteiger charge is -2.16. The van der Waals surface area contributed by atoms with Crippen molar-refractivity contribution in [2.24, 2.45) is 5.92 Å². The molecule has 0 aliphatic rings. The number of nitrogens with one attached hydrogen (secondary N) is 1. The van der Waals surface area contributed by atoms with E-state index in [1.807, 2.05) is 0 Å². The third-order valence-corrected chi connectivity index (χ3v) is 4.89. The molecule has 8 heteroatoms. The van der Waals surface area contributed by atoms with Crippen LogP contribution in [0.3, 0.4) is 0 Å². The lowest BCUT2D eigenvalue weighted by atomic mass is 10.1. The van der Waals surface area contributed by atoms with Gasteiger partial charge in [0.25, 0.3) is 10.0 Å². The number of aryl methyl sites for hydroxylation is 1. The van der Waals surface area contributed by atoms with Crippen molar-refractivity contribution < 1.29 is 18.3 Å². The zero-order chi connectivity index (χ0) is 13.2. The summed E-state index contributed by atoms with van der Waals surface area (Å²) in [7, 11) is -3.80. The number of rotatable bonds is 5. The third-order valence-electron chi connectivity index (χ3n) is 2.08. The Kier molecular flexibility index (Phi) is 4.23. The van der Waals surface area contributed by atoms with Gasteiger partial charge < -0.3 is 5.11 Å². The van der Waals surface area contributed by atoms with Crippen LogP contribution in [0.4, 0.5) is 0 Å². The third kappa shape index (κ3) is 3.48. The van der Waals surface area contributed by atoms with Gasteiger partial charge in [0, 0.05) is 0 Å². The van der Waals surface area contributed by atoms with Crippen molar-refractivity contribution in [2.45, 2.75) is 31.0 Å². The van der Waals surface area contributed by atoms with Crippen LogP contribution in [0.1, 0.15) is 18.9 Å². The summed E-state index contributed by atoms with van der Waals surface area (Å²) in [6.07, 6.45) is 1.22. The summed E-state index contributed by atoms with van der Waals surface area (Å²) in [4.78, 5) is 14.7. The SMILES string of the molecule is Cc1ncc(S(=O)(=O)N[C@H](C(=O)O)C(C)C)s1. The van der Waals surface area contributed by atoms with Gasteiger partial charge in [-0.3, -0.25) is 4.79 Å². The van der Waals surface area contributed by atoms with E-state index < -0.39 is 22.0 Å². The largest absolute Gasteiger partial charge is 0.480 e. The van der Waals surface area contributed by atoms with Gasteiger partial charge in [-0.05, 0) is 12.8 Å². The molecule has 0 unspecified atom stereocenters. The number of carboxylic acids is 1. The summed E-state index contributed by atoms with van der Waals surface area (Å²) in [6, 6.07) is -1.14. The van der Waals surface area contributed by atoms with Gasteiger partial charge in [0.2, 0.25) is 0 Å². The number of carbonyl (C=O) groups is 1. The molecule has 0 aliphatic carbocycles. The number of hydrogen-bond acceptors (Lipinski definition) is 5. The van der Waals surface area contributed by atoms with Crippen LogP contribution < -0.4 is 4.72 Å². The molecule has 1 aromatic rings. The molecule has 0 aliphatic heterocycles. The Morgan fingerprint density at radius 2 is 2.12 bits per heavy atom. The van der Waals surface area contributed by atoms with Gasteiger partial charge in [-0.25, -0.2) is 13.4 Å². The van der Waals surface area contributed by atoms with Gasteiger partial charge in [-0.15, -0.1) is 11.3 Å². The van der Waals surface area contributed by atoms with Crippen molar-refractivity contribution in [3.05, 3.63) is 11.2 Å². The van der Waals surface area contributed by atoms with E-state index in [1.54, 1.807) is 20.8 Å². The predicted octanol–water partition coefficient (Wildman–Crippen LogP) is 0.839. The molecule has 17 heavy (non-hydrogen) atoms. The van der Waals surface area contributed by atoms with Crippen molar-refractivity contribution in [3.63, 3.8) is 0 Å².